The Morgan fingerprint density at radius 1 is 1.50 bits per heavy atom. The number of nitrogens with zero attached hydrogens (tertiary/aromatic N) is 1. The van der Waals surface area contributed by atoms with Gasteiger partial charge in [0.2, 0.25) is 0 Å². The molecule has 2 atom stereocenters. The molecule has 0 saturated carbocycles. The van der Waals surface area contributed by atoms with E-state index in [1.54, 1.807) is 6.26 Å². The van der Waals surface area contributed by atoms with E-state index in [1.165, 1.54) is 32.2 Å². The summed E-state index contributed by atoms with van der Waals surface area (Å²) in [5.74, 6) is 1.07. The Bertz CT molecular complexity index is 323. The van der Waals surface area contributed by atoms with Crippen molar-refractivity contribution in [1.29, 1.82) is 0 Å². The van der Waals surface area contributed by atoms with Gasteiger partial charge in [-0.25, -0.2) is 0 Å². The molecular formula is C15H26N2O. The lowest BCUT2D eigenvalue weighted by molar-refractivity contribution is 0.174. The second-order valence-electron chi connectivity index (χ2n) is 5.56. The fraction of sp³-hybridized carbons (Fsp3) is 0.733. The number of nitrogens with one attached hydrogen (secondary N) is 1. The van der Waals surface area contributed by atoms with E-state index in [0.29, 0.717) is 6.04 Å². The van der Waals surface area contributed by atoms with E-state index in [9.17, 15) is 0 Å². The van der Waals surface area contributed by atoms with Crippen LogP contribution in [0.25, 0.3) is 0 Å². The van der Waals surface area contributed by atoms with Crippen LogP contribution in [0.4, 0.5) is 0 Å². The molecule has 0 spiro atoms. The molecule has 1 fully saturated rings. The van der Waals surface area contributed by atoms with E-state index >= 15 is 0 Å². The molecule has 0 amide bonds. The second-order valence-corrected chi connectivity index (χ2v) is 5.56. The Labute approximate surface area is 111 Å². The van der Waals surface area contributed by atoms with Crippen LogP contribution in [0.15, 0.2) is 22.8 Å². The summed E-state index contributed by atoms with van der Waals surface area (Å²) in [5, 5.41) is 3.60. The van der Waals surface area contributed by atoms with Gasteiger partial charge in [0.05, 0.1) is 6.26 Å². The zero-order chi connectivity index (χ0) is 12.8. The molecule has 0 bridgehead atoms. The Morgan fingerprint density at radius 3 is 3.11 bits per heavy atom. The van der Waals surface area contributed by atoms with Gasteiger partial charge in [0.25, 0.3) is 0 Å². The van der Waals surface area contributed by atoms with Crippen LogP contribution in [0.5, 0.6) is 0 Å². The first-order valence-electron chi connectivity index (χ1n) is 7.21. The maximum absolute atomic E-state index is 5.37. The van der Waals surface area contributed by atoms with E-state index in [4.69, 9.17) is 4.42 Å². The highest BCUT2D eigenvalue weighted by Gasteiger charge is 2.18. The summed E-state index contributed by atoms with van der Waals surface area (Å²) in [6.45, 7) is 4.61. The Kier molecular flexibility index (Phi) is 5.26. The summed E-state index contributed by atoms with van der Waals surface area (Å²) in [6, 6.07) is 5.28. The third kappa shape index (κ3) is 4.14. The third-order valence-corrected chi connectivity index (χ3v) is 3.98. The minimum atomic E-state index is 0.491. The summed E-state index contributed by atoms with van der Waals surface area (Å²) >= 11 is 0. The Balaban J connectivity index is 1.62. The van der Waals surface area contributed by atoms with Gasteiger partial charge >= 0.3 is 0 Å². The highest BCUT2D eigenvalue weighted by atomic mass is 16.3. The van der Waals surface area contributed by atoms with Crippen molar-refractivity contribution in [2.75, 3.05) is 20.1 Å². The highest BCUT2D eigenvalue weighted by Crippen LogP contribution is 2.17. The molecule has 3 heteroatoms. The molecule has 1 saturated heterocycles. The summed E-state index contributed by atoms with van der Waals surface area (Å²) in [4.78, 5) is 2.52. The quantitative estimate of drug-likeness (QED) is 0.841. The van der Waals surface area contributed by atoms with Crippen molar-refractivity contribution in [2.24, 2.45) is 0 Å². The van der Waals surface area contributed by atoms with E-state index in [2.05, 4.69) is 24.2 Å². The van der Waals surface area contributed by atoms with Gasteiger partial charge in [-0.15, -0.1) is 0 Å². The van der Waals surface area contributed by atoms with Gasteiger partial charge in [-0.05, 0) is 58.5 Å². The summed E-state index contributed by atoms with van der Waals surface area (Å²) in [5.41, 5.74) is 0. The fourth-order valence-corrected chi connectivity index (χ4v) is 2.81. The van der Waals surface area contributed by atoms with Gasteiger partial charge < -0.3 is 14.6 Å². The number of likely N-dealkylation sites (tertiary alicyclic amines) is 1. The van der Waals surface area contributed by atoms with Crippen molar-refractivity contribution in [2.45, 2.75) is 51.1 Å². The van der Waals surface area contributed by atoms with Crippen LogP contribution < -0.4 is 5.32 Å². The van der Waals surface area contributed by atoms with Crippen molar-refractivity contribution >= 4 is 0 Å². The van der Waals surface area contributed by atoms with Crippen molar-refractivity contribution in [1.82, 2.24) is 10.2 Å². The van der Waals surface area contributed by atoms with Crippen LogP contribution in [-0.2, 0) is 6.42 Å². The van der Waals surface area contributed by atoms with Crippen LogP contribution in [0.3, 0.4) is 0 Å². The standard InChI is InChI=1S/C15H26N2O/c1-13(12-15-7-5-11-18-15)16-9-8-14-6-3-4-10-17(14)2/h5,7,11,13-14,16H,3-4,6,8-10,12H2,1-2H3. The first-order chi connectivity index (χ1) is 8.75. The molecule has 1 aromatic rings. The van der Waals surface area contributed by atoms with Gasteiger partial charge in [-0.2, -0.15) is 0 Å². The maximum atomic E-state index is 5.37. The largest absolute Gasteiger partial charge is 0.469 e. The number of hydrogen-bond donors (Lipinski definition) is 1. The average molecular weight is 250 g/mol. The minimum Gasteiger partial charge on any atom is -0.469 e. The Hall–Kier alpha value is -0.800. The fourth-order valence-electron chi connectivity index (χ4n) is 2.81. The molecule has 1 aliphatic rings. The van der Waals surface area contributed by atoms with Gasteiger partial charge in [0.15, 0.2) is 0 Å². The van der Waals surface area contributed by atoms with Crippen LogP contribution in [0, 0.1) is 0 Å². The SMILES string of the molecule is CC(Cc1ccco1)NCCC1CCCCN1C. The normalized spacial score (nSPS) is 23.1. The molecule has 18 heavy (non-hydrogen) atoms. The van der Waals surface area contributed by atoms with Gasteiger partial charge in [-0.3, -0.25) is 0 Å². The molecule has 1 aliphatic heterocycles. The predicted octanol–water partition coefficient (Wildman–Crippen LogP) is 2.67. The first-order valence-corrected chi connectivity index (χ1v) is 7.21. The summed E-state index contributed by atoms with van der Waals surface area (Å²) in [6.07, 6.45) is 8.13. The lowest BCUT2D eigenvalue weighted by Crippen LogP contribution is -2.39. The lowest BCUT2D eigenvalue weighted by Gasteiger charge is -2.32. The maximum Gasteiger partial charge on any atom is 0.105 e. The number of piperidine rings is 1. The van der Waals surface area contributed by atoms with Crippen LogP contribution in [0.1, 0.15) is 38.4 Å². The van der Waals surface area contributed by atoms with Gasteiger partial charge in [0, 0.05) is 18.5 Å². The lowest BCUT2D eigenvalue weighted by atomic mass is 10.00. The molecule has 2 heterocycles. The van der Waals surface area contributed by atoms with Crippen molar-refractivity contribution in [3.8, 4) is 0 Å². The van der Waals surface area contributed by atoms with E-state index in [1.807, 2.05) is 12.1 Å². The van der Waals surface area contributed by atoms with E-state index in [-0.39, 0.29) is 0 Å². The third-order valence-electron chi connectivity index (χ3n) is 3.98. The highest BCUT2D eigenvalue weighted by molar-refractivity contribution is 4.99. The van der Waals surface area contributed by atoms with Crippen molar-refractivity contribution in [3.05, 3.63) is 24.2 Å². The smallest absolute Gasteiger partial charge is 0.105 e. The zero-order valence-electron chi connectivity index (χ0n) is 11.7. The number of hydrogen-bond acceptors (Lipinski definition) is 3. The number of furan rings is 1. The van der Waals surface area contributed by atoms with E-state index in [0.717, 1.165) is 24.8 Å². The molecule has 0 aromatic carbocycles. The van der Waals surface area contributed by atoms with Gasteiger partial charge in [-0.1, -0.05) is 6.42 Å². The molecule has 102 valence electrons. The van der Waals surface area contributed by atoms with Crippen LogP contribution >= 0.6 is 0 Å². The molecule has 3 nitrogen and oxygen atoms in total. The predicted molar refractivity (Wildman–Crippen MR) is 74.8 cm³/mol. The van der Waals surface area contributed by atoms with Gasteiger partial charge in [0.1, 0.15) is 5.76 Å². The van der Waals surface area contributed by atoms with E-state index < -0.39 is 0 Å². The van der Waals surface area contributed by atoms with Crippen LogP contribution in [0.2, 0.25) is 0 Å². The minimum absolute atomic E-state index is 0.491. The molecule has 0 radical (unpaired) electrons. The topological polar surface area (TPSA) is 28.4 Å². The molecule has 1 N–H and O–H groups in total. The van der Waals surface area contributed by atoms with Crippen molar-refractivity contribution < 1.29 is 4.42 Å². The van der Waals surface area contributed by atoms with Crippen LogP contribution in [-0.4, -0.2) is 37.1 Å². The van der Waals surface area contributed by atoms with Crippen molar-refractivity contribution in [3.63, 3.8) is 0 Å². The molecule has 0 aliphatic carbocycles. The average Bonchev–Trinajstić information content (AvgIpc) is 2.84. The number of rotatable bonds is 6. The molecule has 2 unspecified atom stereocenters. The summed E-state index contributed by atoms with van der Waals surface area (Å²) in [7, 11) is 2.26. The molecular weight excluding hydrogens is 224 g/mol. The summed E-state index contributed by atoms with van der Waals surface area (Å²) < 4.78 is 5.37. The molecule has 1 aromatic heterocycles. The molecule has 2 rings (SSSR count). The monoisotopic (exact) mass is 250 g/mol. The Morgan fingerprint density at radius 2 is 2.39 bits per heavy atom. The zero-order valence-corrected chi connectivity index (χ0v) is 11.7. The second kappa shape index (κ2) is 6.95. The first kappa shape index (κ1) is 13.6.